The Morgan fingerprint density at radius 2 is 1.90 bits per heavy atom. The van der Waals surface area contributed by atoms with Crippen molar-refractivity contribution in [2.75, 3.05) is 11.4 Å². The fourth-order valence-corrected chi connectivity index (χ4v) is 3.08. The highest BCUT2D eigenvalue weighted by Crippen LogP contribution is 2.34. The van der Waals surface area contributed by atoms with E-state index in [-0.39, 0.29) is 18.1 Å². The molecule has 1 aromatic rings. The molecule has 0 aliphatic carbocycles. The molecular formula is C15H23N5O. The summed E-state index contributed by atoms with van der Waals surface area (Å²) in [5, 5.41) is 0. The van der Waals surface area contributed by atoms with Crippen molar-refractivity contribution < 1.29 is 4.79 Å². The fourth-order valence-electron chi connectivity index (χ4n) is 3.08. The van der Waals surface area contributed by atoms with Gasteiger partial charge in [-0.25, -0.2) is 9.78 Å². The predicted octanol–water partition coefficient (Wildman–Crippen LogP) is 2.48. The van der Waals surface area contributed by atoms with E-state index in [2.05, 4.69) is 42.2 Å². The number of anilines is 1. The molecule has 0 spiro atoms. The maximum atomic E-state index is 12.9. The summed E-state index contributed by atoms with van der Waals surface area (Å²) in [5.74, 6) is 1.66. The van der Waals surface area contributed by atoms with Crippen LogP contribution in [0.3, 0.4) is 0 Å². The molecule has 6 heteroatoms. The number of aryl methyl sites for hydroxylation is 1. The van der Waals surface area contributed by atoms with Gasteiger partial charge in [-0.2, -0.15) is 0 Å². The molecule has 1 aromatic heterocycles. The van der Waals surface area contributed by atoms with E-state index in [1.165, 1.54) is 0 Å². The standard InChI is InChI=1S/C15H23N5O/c1-5-7-18-9-16-12-13-17-10(3)11(4)20(13)15(21)19(8-6-2)14(12)18/h9-11H,5-8H2,1-4H3. The summed E-state index contributed by atoms with van der Waals surface area (Å²) in [5.41, 5.74) is 0.854. The van der Waals surface area contributed by atoms with Crippen LogP contribution in [-0.2, 0) is 6.54 Å². The summed E-state index contributed by atoms with van der Waals surface area (Å²) in [7, 11) is 0. The smallest absolute Gasteiger partial charge is 0.316 e. The number of urea groups is 1. The van der Waals surface area contributed by atoms with Crippen molar-refractivity contribution in [2.45, 2.75) is 59.2 Å². The number of aromatic nitrogens is 2. The third-order valence-corrected chi connectivity index (χ3v) is 4.29. The van der Waals surface area contributed by atoms with Crippen LogP contribution in [0, 0.1) is 0 Å². The molecule has 6 nitrogen and oxygen atoms in total. The first-order valence-corrected chi connectivity index (χ1v) is 7.84. The minimum Gasteiger partial charge on any atom is -0.316 e. The van der Waals surface area contributed by atoms with Gasteiger partial charge in [0.2, 0.25) is 0 Å². The molecule has 2 amide bonds. The number of carbonyl (C=O) groups is 1. The number of amides is 2. The molecule has 0 fully saturated rings. The molecule has 3 rings (SSSR count). The fraction of sp³-hybridized carbons (Fsp3) is 0.667. The van der Waals surface area contributed by atoms with Crippen molar-refractivity contribution in [3.8, 4) is 0 Å². The monoisotopic (exact) mass is 289 g/mol. The number of imidazole rings is 1. The van der Waals surface area contributed by atoms with E-state index in [0.29, 0.717) is 6.54 Å². The SMILES string of the molecule is CCCN1C(=O)N2C(=NC(C)C2C)c2ncn(CCC)c21. The van der Waals surface area contributed by atoms with E-state index in [4.69, 9.17) is 0 Å². The van der Waals surface area contributed by atoms with Crippen molar-refractivity contribution in [3.63, 3.8) is 0 Å². The lowest BCUT2D eigenvalue weighted by molar-refractivity contribution is 0.216. The molecule has 0 saturated carbocycles. The first kappa shape index (κ1) is 14.1. The second kappa shape index (κ2) is 5.16. The maximum Gasteiger partial charge on any atom is 0.331 e. The Morgan fingerprint density at radius 1 is 1.19 bits per heavy atom. The van der Waals surface area contributed by atoms with Gasteiger partial charge < -0.3 is 4.57 Å². The highest BCUT2D eigenvalue weighted by Gasteiger charge is 2.45. The number of rotatable bonds is 4. The number of hydrogen-bond donors (Lipinski definition) is 0. The number of nitrogens with zero attached hydrogens (tertiary/aromatic N) is 5. The molecule has 0 radical (unpaired) electrons. The first-order valence-electron chi connectivity index (χ1n) is 7.84. The third kappa shape index (κ3) is 1.96. The summed E-state index contributed by atoms with van der Waals surface area (Å²) in [6.45, 7) is 9.91. The Labute approximate surface area is 125 Å². The molecule has 0 N–H and O–H groups in total. The summed E-state index contributed by atoms with van der Waals surface area (Å²) < 4.78 is 2.08. The van der Waals surface area contributed by atoms with Gasteiger partial charge in [-0.05, 0) is 26.7 Å². The highest BCUT2D eigenvalue weighted by molar-refractivity contribution is 6.18. The van der Waals surface area contributed by atoms with Gasteiger partial charge in [0.1, 0.15) is 11.5 Å². The van der Waals surface area contributed by atoms with E-state index in [9.17, 15) is 4.79 Å². The summed E-state index contributed by atoms with van der Waals surface area (Å²) in [6, 6.07) is 0.254. The van der Waals surface area contributed by atoms with Crippen LogP contribution in [0.15, 0.2) is 11.3 Å². The predicted molar refractivity (Wildman–Crippen MR) is 82.9 cm³/mol. The van der Waals surface area contributed by atoms with Gasteiger partial charge >= 0.3 is 6.03 Å². The van der Waals surface area contributed by atoms with E-state index in [1.54, 1.807) is 0 Å². The van der Waals surface area contributed by atoms with Gasteiger partial charge in [0.05, 0.1) is 18.4 Å². The van der Waals surface area contributed by atoms with E-state index in [1.807, 2.05) is 16.1 Å². The Balaban J connectivity index is 2.13. The largest absolute Gasteiger partial charge is 0.331 e. The molecule has 0 aromatic carbocycles. The minimum absolute atomic E-state index is 0.0396. The third-order valence-electron chi connectivity index (χ3n) is 4.29. The van der Waals surface area contributed by atoms with Crippen LogP contribution in [0.2, 0.25) is 0 Å². The second-order valence-corrected chi connectivity index (χ2v) is 5.85. The highest BCUT2D eigenvalue weighted by atomic mass is 16.2. The topological polar surface area (TPSA) is 53.7 Å². The zero-order chi connectivity index (χ0) is 15.1. The van der Waals surface area contributed by atoms with Crippen molar-refractivity contribution in [1.29, 1.82) is 0 Å². The summed E-state index contributed by atoms with van der Waals surface area (Å²) in [4.78, 5) is 25.8. The van der Waals surface area contributed by atoms with Crippen LogP contribution in [0.25, 0.3) is 0 Å². The lowest BCUT2D eigenvalue weighted by Crippen LogP contribution is -2.54. The normalized spacial score (nSPS) is 24.2. The van der Waals surface area contributed by atoms with Crippen molar-refractivity contribution in [2.24, 2.45) is 4.99 Å². The molecule has 2 aliphatic rings. The Morgan fingerprint density at radius 3 is 2.57 bits per heavy atom. The van der Waals surface area contributed by atoms with Crippen molar-refractivity contribution in [1.82, 2.24) is 14.5 Å². The molecule has 2 aliphatic heterocycles. The summed E-state index contributed by atoms with van der Waals surface area (Å²) in [6.07, 6.45) is 3.77. The van der Waals surface area contributed by atoms with Gasteiger partial charge in [0, 0.05) is 13.1 Å². The van der Waals surface area contributed by atoms with E-state index >= 15 is 0 Å². The van der Waals surface area contributed by atoms with Gasteiger partial charge in [0.15, 0.2) is 5.84 Å². The second-order valence-electron chi connectivity index (χ2n) is 5.85. The lowest BCUT2D eigenvalue weighted by atomic mass is 10.1. The number of hydrogen-bond acceptors (Lipinski definition) is 3. The van der Waals surface area contributed by atoms with E-state index in [0.717, 1.165) is 36.7 Å². The first-order chi connectivity index (χ1) is 10.1. The molecule has 3 heterocycles. The number of aliphatic imine (C=N–C) groups is 1. The van der Waals surface area contributed by atoms with Crippen LogP contribution in [-0.4, -0.2) is 44.9 Å². The van der Waals surface area contributed by atoms with Gasteiger partial charge in [-0.3, -0.25) is 14.8 Å². The molecule has 0 bridgehead atoms. The molecule has 21 heavy (non-hydrogen) atoms. The molecule has 2 atom stereocenters. The minimum atomic E-state index is 0.0396. The summed E-state index contributed by atoms with van der Waals surface area (Å²) >= 11 is 0. The quantitative estimate of drug-likeness (QED) is 0.855. The molecule has 2 unspecified atom stereocenters. The van der Waals surface area contributed by atoms with Crippen LogP contribution in [0.5, 0.6) is 0 Å². The number of carbonyl (C=O) groups excluding carboxylic acids is 1. The zero-order valence-electron chi connectivity index (χ0n) is 13.2. The Hall–Kier alpha value is -1.85. The molecule has 114 valence electrons. The van der Waals surface area contributed by atoms with Gasteiger partial charge in [-0.15, -0.1) is 0 Å². The average Bonchev–Trinajstić information content (AvgIpc) is 2.99. The lowest BCUT2D eigenvalue weighted by Gasteiger charge is -2.36. The van der Waals surface area contributed by atoms with Crippen LogP contribution < -0.4 is 4.90 Å². The Kier molecular flexibility index (Phi) is 3.47. The molecule has 0 saturated heterocycles. The van der Waals surface area contributed by atoms with Gasteiger partial charge in [0.25, 0.3) is 0 Å². The number of amidine groups is 1. The van der Waals surface area contributed by atoms with Crippen molar-refractivity contribution in [3.05, 3.63) is 12.0 Å². The Bertz CT molecular complexity index is 591. The average molecular weight is 289 g/mol. The van der Waals surface area contributed by atoms with Crippen LogP contribution in [0.4, 0.5) is 10.6 Å². The zero-order valence-corrected chi connectivity index (χ0v) is 13.2. The molecular weight excluding hydrogens is 266 g/mol. The van der Waals surface area contributed by atoms with Crippen LogP contribution in [0.1, 0.15) is 46.2 Å². The number of fused-ring (bicyclic) bond motifs is 3. The van der Waals surface area contributed by atoms with E-state index < -0.39 is 0 Å². The maximum absolute atomic E-state index is 12.9. The van der Waals surface area contributed by atoms with Crippen molar-refractivity contribution >= 4 is 17.7 Å². The van der Waals surface area contributed by atoms with Gasteiger partial charge in [-0.1, -0.05) is 13.8 Å². The van der Waals surface area contributed by atoms with Crippen LogP contribution >= 0.6 is 0 Å².